The number of nitrogens with two attached hydrogens (primary N) is 1. The topological polar surface area (TPSA) is 50.5 Å². The van der Waals surface area contributed by atoms with Crippen LogP contribution in [0.25, 0.3) is 0 Å². The van der Waals surface area contributed by atoms with Gasteiger partial charge in [-0.3, -0.25) is 0 Å². The lowest BCUT2D eigenvalue weighted by Gasteiger charge is -2.39. The number of nitrogens with one attached hydrogen (secondary N) is 1. The summed E-state index contributed by atoms with van der Waals surface area (Å²) in [6.07, 6.45) is 1.08. The highest BCUT2D eigenvalue weighted by Crippen LogP contribution is 2.52. The first-order valence-electron chi connectivity index (χ1n) is 9.50. The summed E-state index contributed by atoms with van der Waals surface area (Å²) < 4.78 is 6.10. The first-order valence-corrected chi connectivity index (χ1v) is 10.3. The normalized spacial score (nSPS) is 26.5. The van der Waals surface area contributed by atoms with Crippen molar-refractivity contribution in [2.75, 3.05) is 30.3 Å². The maximum Gasteiger partial charge on any atom is 0.0809 e. The minimum Gasteiger partial charge on any atom is -0.399 e. The van der Waals surface area contributed by atoms with Crippen LogP contribution in [0.2, 0.25) is 10.0 Å². The molecular formula is C21H23Cl2N3O. The van der Waals surface area contributed by atoms with Gasteiger partial charge in [-0.05, 0) is 49.2 Å². The molecule has 142 valence electrons. The van der Waals surface area contributed by atoms with Gasteiger partial charge in [0.2, 0.25) is 0 Å². The lowest BCUT2D eigenvalue weighted by Crippen LogP contribution is -2.46. The Morgan fingerprint density at radius 3 is 2.96 bits per heavy atom. The number of nitrogens with zero attached hydrogens (tertiary/aromatic N) is 1. The number of fused-ring (bicyclic) bond motifs is 3. The van der Waals surface area contributed by atoms with E-state index in [2.05, 4.69) is 22.3 Å². The van der Waals surface area contributed by atoms with Crippen LogP contribution in [0.5, 0.6) is 0 Å². The zero-order chi connectivity index (χ0) is 18.7. The Bertz CT molecular complexity index is 917. The third-order valence-corrected chi connectivity index (χ3v) is 7.05. The van der Waals surface area contributed by atoms with Crippen molar-refractivity contribution in [3.8, 4) is 0 Å². The van der Waals surface area contributed by atoms with Gasteiger partial charge in [-0.1, -0.05) is 29.3 Å². The summed E-state index contributed by atoms with van der Waals surface area (Å²) in [5.74, 6) is 0.430. The van der Waals surface area contributed by atoms with Crippen molar-refractivity contribution < 1.29 is 4.74 Å². The van der Waals surface area contributed by atoms with E-state index < -0.39 is 0 Å². The second-order valence-electron chi connectivity index (χ2n) is 7.81. The molecule has 3 atom stereocenters. The molecule has 4 nitrogen and oxygen atoms in total. The molecule has 3 aliphatic heterocycles. The monoisotopic (exact) mass is 403 g/mol. The number of rotatable bonds is 1. The number of anilines is 2. The summed E-state index contributed by atoms with van der Waals surface area (Å²) >= 11 is 13.4. The van der Waals surface area contributed by atoms with Crippen molar-refractivity contribution >= 4 is 34.6 Å². The van der Waals surface area contributed by atoms with E-state index >= 15 is 0 Å². The van der Waals surface area contributed by atoms with Crippen molar-refractivity contribution in [1.82, 2.24) is 5.32 Å². The molecule has 27 heavy (non-hydrogen) atoms. The Balaban J connectivity index is 1.73. The van der Waals surface area contributed by atoms with E-state index in [4.69, 9.17) is 33.7 Å². The smallest absolute Gasteiger partial charge is 0.0809 e. The van der Waals surface area contributed by atoms with E-state index in [0.29, 0.717) is 30.2 Å². The van der Waals surface area contributed by atoms with Gasteiger partial charge < -0.3 is 20.7 Å². The molecule has 0 spiro atoms. The van der Waals surface area contributed by atoms with Gasteiger partial charge in [0.05, 0.1) is 24.3 Å². The lowest BCUT2D eigenvalue weighted by atomic mass is 9.89. The molecule has 3 heterocycles. The van der Waals surface area contributed by atoms with Crippen LogP contribution in [-0.4, -0.2) is 25.7 Å². The lowest BCUT2D eigenvalue weighted by molar-refractivity contribution is 0.109. The summed E-state index contributed by atoms with van der Waals surface area (Å²) in [7, 11) is 0. The van der Waals surface area contributed by atoms with Gasteiger partial charge in [0, 0.05) is 46.0 Å². The Morgan fingerprint density at radius 1 is 1.26 bits per heavy atom. The fraction of sp³-hybridized carbons (Fsp3) is 0.429. The first-order chi connectivity index (χ1) is 13.1. The number of nitrogen functional groups attached to an aromatic ring is 1. The van der Waals surface area contributed by atoms with Crippen LogP contribution in [0.1, 0.15) is 40.6 Å². The minimum absolute atomic E-state index is 0.00150. The van der Waals surface area contributed by atoms with Gasteiger partial charge in [0.1, 0.15) is 0 Å². The first kappa shape index (κ1) is 17.6. The predicted molar refractivity (Wildman–Crippen MR) is 111 cm³/mol. The number of halogens is 2. The van der Waals surface area contributed by atoms with E-state index in [1.54, 1.807) is 0 Å². The molecular weight excluding hydrogens is 381 g/mol. The number of hydrogen-bond acceptors (Lipinski definition) is 4. The van der Waals surface area contributed by atoms with E-state index in [-0.39, 0.29) is 6.04 Å². The largest absolute Gasteiger partial charge is 0.399 e. The van der Waals surface area contributed by atoms with E-state index in [0.717, 1.165) is 41.3 Å². The molecule has 0 saturated carbocycles. The Morgan fingerprint density at radius 2 is 2.11 bits per heavy atom. The third-order valence-electron chi connectivity index (χ3n) is 6.22. The summed E-state index contributed by atoms with van der Waals surface area (Å²) in [4.78, 5) is 2.54. The highest BCUT2D eigenvalue weighted by molar-refractivity contribution is 6.36. The van der Waals surface area contributed by atoms with Gasteiger partial charge >= 0.3 is 0 Å². The number of benzene rings is 2. The molecule has 0 bridgehead atoms. The van der Waals surface area contributed by atoms with Crippen LogP contribution in [-0.2, 0) is 11.3 Å². The highest BCUT2D eigenvalue weighted by atomic mass is 35.5. The van der Waals surface area contributed by atoms with E-state index in [1.807, 2.05) is 19.1 Å². The van der Waals surface area contributed by atoms with Gasteiger partial charge in [-0.2, -0.15) is 0 Å². The Hall–Kier alpha value is -1.46. The third kappa shape index (κ3) is 2.65. The second-order valence-corrected chi connectivity index (χ2v) is 8.60. The molecule has 0 aromatic heterocycles. The zero-order valence-electron chi connectivity index (χ0n) is 15.3. The summed E-state index contributed by atoms with van der Waals surface area (Å²) in [6, 6.07) is 8.53. The van der Waals surface area contributed by atoms with Crippen LogP contribution in [0.4, 0.5) is 11.4 Å². The van der Waals surface area contributed by atoms with Crippen LogP contribution >= 0.6 is 23.2 Å². The second kappa shape index (κ2) is 6.56. The predicted octanol–water partition coefficient (Wildman–Crippen LogP) is 4.42. The fourth-order valence-electron chi connectivity index (χ4n) is 5.07. The van der Waals surface area contributed by atoms with Crippen LogP contribution in [0.15, 0.2) is 24.3 Å². The van der Waals surface area contributed by atoms with Crippen LogP contribution in [0.3, 0.4) is 0 Å². The van der Waals surface area contributed by atoms with Gasteiger partial charge in [-0.15, -0.1) is 0 Å². The van der Waals surface area contributed by atoms with Gasteiger partial charge in [-0.25, -0.2) is 0 Å². The molecule has 3 N–H and O–H groups in total. The molecule has 2 aromatic carbocycles. The molecule has 2 aromatic rings. The molecule has 3 unspecified atom stereocenters. The quantitative estimate of drug-likeness (QED) is 0.691. The minimum atomic E-state index is 0.00150. The molecule has 0 radical (unpaired) electrons. The Kier molecular flexibility index (Phi) is 4.28. The average Bonchev–Trinajstić information content (AvgIpc) is 2.85. The average molecular weight is 404 g/mol. The molecule has 0 aliphatic carbocycles. The van der Waals surface area contributed by atoms with Gasteiger partial charge in [0.15, 0.2) is 0 Å². The zero-order valence-corrected chi connectivity index (χ0v) is 16.8. The molecule has 5 rings (SSSR count). The number of ether oxygens (including phenoxy) is 1. The molecule has 3 aliphatic rings. The van der Waals surface area contributed by atoms with Crippen molar-refractivity contribution in [2.45, 2.75) is 38.0 Å². The van der Waals surface area contributed by atoms with Crippen LogP contribution in [0, 0.1) is 6.92 Å². The summed E-state index contributed by atoms with van der Waals surface area (Å²) in [6.45, 7) is 5.14. The fourth-order valence-corrected chi connectivity index (χ4v) is 5.69. The van der Waals surface area contributed by atoms with E-state index in [1.165, 1.54) is 16.8 Å². The summed E-state index contributed by atoms with van der Waals surface area (Å²) in [5, 5.41) is 5.00. The van der Waals surface area contributed by atoms with E-state index in [9.17, 15) is 0 Å². The standard InChI is InChI=1S/C21H23Cl2N3O/c1-11-2-3-16(22)19(20(11)23)18-10-27-9-12-6-13(24)7-14-15-8-25-5-4-17(15)26(18)21(12)14/h2-3,6-7,15,17-18,25H,4-5,8-10,24H2,1H3. The molecule has 1 fully saturated rings. The SMILES string of the molecule is Cc1ccc(Cl)c(C2COCc3cc(N)cc4c3N2C2CCNCC42)c1Cl. The molecule has 0 amide bonds. The Labute approximate surface area is 169 Å². The van der Waals surface area contributed by atoms with Crippen molar-refractivity contribution in [2.24, 2.45) is 0 Å². The summed E-state index contributed by atoms with van der Waals surface area (Å²) in [5.41, 5.74) is 12.8. The van der Waals surface area contributed by atoms with Gasteiger partial charge in [0.25, 0.3) is 0 Å². The maximum absolute atomic E-state index is 6.75. The number of piperidine rings is 1. The highest BCUT2D eigenvalue weighted by Gasteiger charge is 2.46. The maximum atomic E-state index is 6.75. The van der Waals surface area contributed by atoms with Crippen LogP contribution < -0.4 is 16.0 Å². The number of aryl methyl sites for hydroxylation is 1. The van der Waals surface area contributed by atoms with Crippen molar-refractivity contribution in [3.63, 3.8) is 0 Å². The molecule has 1 saturated heterocycles. The number of hydrogen-bond donors (Lipinski definition) is 2. The van der Waals surface area contributed by atoms with Crippen molar-refractivity contribution in [1.29, 1.82) is 0 Å². The molecule has 6 heteroatoms. The van der Waals surface area contributed by atoms with Crippen molar-refractivity contribution in [3.05, 3.63) is 56.6 Å².